The van der Waals surface area contributed by atoms with E-state index in [1.165, 1.54) is 4.90 Å². The van der Waals surface area contributed by atoms with Gasteiger partial charge in [0.05, 0.1) is 40.3 Å². The quantitative estimate of drug-likeness (QED) is 0.370. The molecular formula is C28H35N5O5S. The minimum Gasteiger partial charge on any atom is -0.391 e. The molecule has 2 unspecified atom stereocenters. The first-order valence-electron chi connectivity index (χ1n) is 13.0. The highest BCUT2D eigenvalue weighted by molar-refractivity contribution is 7.13. The Morgan fingerprint density at radius 3 is 2.49 bits per heavy atom. The molecule has 1 aliphatic rings. The van der Waals surface area contributed by atoms with Gasteiger partial charge in [-0.25, -0.2) is 4.98 Å². The number of aliphatic hydroxyl groups is 1. The van der Waals surface area contributed by atoms with Gasteiger partial charge in [0.1, 0.15) is 17.7 Å². The molecule has 0 bridgehead atoms. The summed E-state index contributed by atoms with van der Waals surface area (Å²) in [5, 5.41) is 20.0. The number of thiazole rings is 1. The maximum atomic E-state index is 13.7. The van der Waals surface area contributed by atoms with E-state index in [0.29, 0.717) is 11.5 Å². The smallest absolute Gasteiger partial charge is 0.243 e. The zero-order chi connectivity index (χ0) is 28.3. The Hall–Kier alpha value is -3.57. The van der Waals surface area contributed by atoms with Crippen LogP contribution in [0.25, 0.3) is 10.4 Å². The molecule has 1 aliphatic heterocycles. The number of rotatable bonds is 9. The van der Waals surface area contributed by atoms with E-state index in [2.05, 4.69) is 20.8 Å². The van der Waals surface area contributed by atoms with Crippen LogP contribution in [0.5, 0.6) is 0 Å². The third-order valence-electron chi connectivity index (χ3n) is 7.06. The van der Waals surface area contributed by atoms with Crippen molar-refractivity contribution >= 4 is 29.1 Å². The highest BCUT2D eigenvalue weighted by atomic mass is 32.1. The SMILES string of the molecule is CNC(=O)CC(NC(=O)C1C[C@@H](O)CN1C(=O)[C@@H](c1cc(C)no1)C(C)C)c1ccc(-c2scnc2C)cc1. The largest absolute Gasteiger partial charge is 0.391 e. The van der Waals surface area contributed by atoms with Crippen molar-refractivity contribution in [1.82, 2.24) is 25.7 Å². The molecule has 3 amide bonds. The average molecular weight is 554 g/mol. The van der Waals surface area contributed by atoms with Gasteiger partial charge in [-0.3, -0.25) is 14.4 Å². The summed E-state index contributed by atoms with van der Waals surface area (Å²) < 4.78 is 5.41. The molecule has 208 valence electrons. The van der Waals surface area contributed by atoms with Gasteiger partial charge in [0, 0.05) is 26.1 Å². The molecule has 1 aromatic carbocycles. The van der Waals surface area contributed by atoms with E-state index in [-0.39, 0.29) is 37.1 Å². The van der Waals surface area contributed by atoms with Crippen LogP contribution in [0.15, 0.2) is 40.4 Å². The number of aromatic nitrogens is 2. The van der Waals surface area contributed by atoms with E-state index in [9.17, 15) is 19.5 Å². The van der Waals surface area contributed by atoms with E-state index in [0.717, 1.165) is 21.7 Å². The molecule has 4 rings (SSSR count). The predicted molar refractivity (Wildman–Crippen MR) is 147 cm³/mol. The molecule has 3 N–H and O–H groups in total. The van der Waals surface area contributed by atoms with Gasteiger partial charge in [-0.15, -0.1) is 11.3 Å². The molecule has 10 nitrogen and oxygen atoms in total. The number of hydrogen-bond donors (Lipinski definition) is 3. The maximum absolute atomic E-state index is 13.7. The first kappa shape index (κ1) is 28.4. The number of hydrogen-bond acceptors (Lipinski definition) is 8. The Kier molecular flexibility index (Phi) is 8.81. The molecule has 2 aromatic heterocycles. The van der Waals surface area contributed by atoms with Crippen LogP contribution in [-0.2, 0) is 14.4 Å². The summed E-state index contributed by atoms with van der Waals surface area (Å²) in [6.07, 6.45) is -0.710. The van der Waals surface area contributed by atoms with E-state index in [1.807, 2.05) is 45.0 Å². The fourth-order valence-electron chi connectivity index (χ4n) is 5.00. The Bertz CT molecular complexity index is 1320. The monoisotopic (exact) mass is 553 g/mol. The molecule has 3 aromatic rings. The van der Waals surface area contributed by atoms with Gasteiger partial charge >= 0.3 is 0 Å². The minimum absolute atomic E-state index is 0.0242. The van der Waals surface area contributed by atoms with Crippen molar-refractivity contribution in [2.75, 3.05) is 13.6 Å². The predicted octanol–water partition coefficient (Wildman–Crippen LogP) is 3.11. The third kappa shape index (κ3) is 6.36. The second-order valence-corrected chi connectivity index (χ2v) is 11.2. The summed E-state index contributed by atoms with van der Waals surface area (Å²) in [6, 6.07) is 7.87. The van der Waals surface area contributed by atoms with Crippen molar-refractivity contribution in [2.45, 2.75) is 64.6 Å². The number of carbonyl (C=O) groups excluding carboxylic acids is 3. The molecule has 4 atom stereocenters. The van der Waals surface area contributed by atoms with Gasteiger partial charge in [0.15, 0.2) is 0 Å². The highest BCUT2D eigenvalue weighted by Gasteiger charge is 2.43. The Labute approximate surface area is 231 Å². The zero-order valence-corrected chi connectivity index (χ0v) is 23.6. The number of nitrogens with one attached hydrogen (secondary N) is 2. The summed E-state index contributed by atoms with van der Waals surface area (Å²) >= 11 is 1.55. The summed E-state index contributed by atoms with van der Waals surface area (Å²) in [6.45, 7) is 7.57. The molecule has 0 aliphatic carbocycles. The summed E-state index contributed by atoms with van der Waals surface area (Å²) in [7, 11) is 1.54. The first-order chi connectivity index (χ1) is 18.6. The number of β-amino-alcohol motifs (C(OH)–C–C–N with tert-alkyl or cyclic N) is 1. The lowest BCUT2D eigenvalue weighted by atomic mass is 9.91. The topological polar surface area (TPSA) is 138 Å². The van der Waals surface area contributed by atoms with Crippen LogP contribution in [0.2, 0.25) is 0 Å². The fourth-order valence-corrected chi connectivity index (χ4v) is 5.81. The van der Waals surface area contributed by atoms with Gasteiger partial charge in [0.2, 0.25) is 17.7 Å². The standard InChI is InChI=1S/C28H35N5O5S/c1-15(2)25(23-10-16(3)32-38-23)28(37)33-13-20(34)11-22(33)27(36)31-21(12-24(35)29-5)18-6-8-19(9-7-18)26-17(4)30-14-39-26/h6-10,14-15,20-22,25,34H,11-13H2,1-5H3,(H,29,35)(H,31,36)/t20-,21?,22?,25-/m1/s1. The van der Waals surface area contributed by atoms with Crippen LogP contribution in [0, 0.1) is 19.8 Å². The lowest BCUT2D eigenvalue weighted by molar-refractivity contribution is -0.141. The van der Waals surface area contributed by atoms with Gasteiger partial charge in [0.25, 0.3) is 0 Å². The van der Waals surface area contributed by atoms with Crippen molar-refractivity contribution < 1.29 is 24.0 Å². The number of benzene rings is 1. The number of aryl methyl sites for hydroxylation is 2. The van der Waals surface area contributed by atoms with E-state index < -0.39 is 30.0 Å². The van der Waals surface area contributed by atoms with Gasteiger partial charge in [-0.2, -0.15) is 0 Å². The zero-order valence-electron chi connectivity index (χ0n) is 22.8. The van der Waals surface area contributed by atoms with Crippen LogP contribution < -0.4 is 10.6 Å². The lowest BCUT2D eigenvalue weighted by Gasteiger charge is -2.30. The van der Waals surface area contributed by atoms with Crippen LogP contribution in [0.4, 0.5) is 0 Å². The second kappa shape index (κ2) is 12.1. The summed E-state index contributed by atoms with van der Waals surface area (Å²) in [5.74, 6) is -1.29. The molecule has 1 saturated heterocycles. The average Bonchev–Trinajstić information content (AvgIpc) is 3.63. The lowest BCUT2D eigenvalue weighted by Crippen LogP contribution is -2.49. The third-order valence-corrected chi connectivity index (χ3v) is 8.03. The molecular weight excluding hydrogens is 518 g/mol. The Balaban J connectivity index is 1.56. The van der Waals surface area contributed by atoms with Crippen molar-refractivity contribution in [3.63, 3.8) is 0 Å². The normalized spacial score (nSPS) is 18.7. The number of carbonyl (C=O) groups is 3. The molecule has 1 fully saturated rings. The fraction of sp³-hybridized carbons (Fsp3) is 0.464. The Morgan fingerprint density at radius 2 is 1.92 bits per heavy atom. The number of aliphatic hydroxyl groups excluding tert-OH is 1. The van der Waals surface area contributed by atoms with Crippen LogP contribution in [0.3, 0.4) is 0 Å². The Morgan fingerprint density at radius 1 is 1.21 bits per heavy atom. The molecule has 0 saturated carbocycles. The van der Waals surface area contributed by atoms with Crippen molar-refractivity contribution in [3.05, 3.63) is 58.6 Å². The first-order valence-corrected chi connectivity index (χ1v) is 13.9. The molecule has 0 radical (unpaired) electrons. The molecule has 11 heteroatoms. The van der Waals surface area contributed by atoms with Crippen LogP contribution in [0.1, 0.15) is 61.4 Å². The van der Waals surface area contributed by atoms with Crippen molar-refractivity contribution in [1.29, 1.82) is 0 Å². The van der Waals surface area contributed by atoms with E-state index >= 15 is 0 Å². The van der Waals surface area contributed by atoms with Crippen LogP contribution in [-0.4, -0.2) is 63.6 Å². The molecule has 39 heavy (non-hydrogen) atoms. The second-order valence-electron chi connectivity index (χ2n) is 10.3. The van der Waals surface area contributed by atoms with Crippen molar-refractivity contribution in [3.8, 4) is 10.4 Å². The summed E-state index contributed by atoms with van der Waals surface area (Å²) in [4.78, 5) is 46.4. The van der Waals surface area contributed by atoms with Gasteiger partial charge < -0.3 is 25.2 Å². The van der Waals surface area contributed by atoms with Crippen molar-refractivity contribution in [2.24, 2.45) is 5.92 Å². The number of amides is 3. The molecule has 0 spiro atoms. The highest BCUT2D eigenvalue weighted by Crippen LogP contribution is 2.32. The van der Waals surface area contributed by atoms with E-state index in [1.54, 1.807) is 36.9 Å². The molecule has 3 heterocycles. The summed E-state index contributed by atoms with van der Waals surface area (Å²) in [5.41, 5.74) is 5.15. The number of likely N-dealkylation sites (tertiary alicyclic amines) is 1. The van der Waals surface area contributed by atoms with E-state index in [4.69, 9.17) is 4.52 Å². The van der Waals surface area contributed by atoms with Crippen LogP contribution >= 0.6 is 11.3 Å². The minimum atomic E-state index is -0.885. The van der Waals surface area contributed by atoms with Gasteiger partial charge in [-0.05, 0) is 30.9 Å². The van der Waals surface area contributed by atoms with Gasteiger partial charge in [-0.1, -0.05) is 43.3 Å². The maximum Gasteiger partial charge on any atom is 0.243 e. The number of nitrogens with zero attached hydrogens (tertiary/aromatic N) is 3.